The van der Waals surface area contributed by atoms with Crippen molar-refractivity contribution < 1.29 is 19.2 Å². The number of primary amides is 2. The van der Waals surface area contributed by atoms with Gasteiger partial charge in [0.15, 0.2) is 0 Å². The van der Waals surface area contributed by atoms with E-state index in [0.717, 1.165) is 0 Å². The van der Waals surface area contributed by atoms with Crippen molar-refractivity contribution >= 4 is 64.9 Å². The van der Waals surface area contributed by atoms with Gasteiger partial charge in [-0.15, -0.1) is 0 Å². The maximum atomic E-state index is 13.4. The van der Waals surface area contributed by atoms with Crippen LogP contribution in [0.5, 0.6) is 0 Å². The van der Waals surface area contributed by atoms with Crippen LogP contribution in [0, 0.1) is 13.8 Å². The van der Waals surface area contributed by atoms with Crippen molar-refractivity contribution in [3.8, 4) is 0 Å². The number of nitrogens with zero attached hydrogens (tertiary/aromatic N) is 8. The molecule has 0 aliphatic heterocycles. The summed E-state index contributed by atoms with van der Waals surface area (Å²) in [6.45, 7) is 8.87. The van der Waals surface area contributed by atoms with Crippen LogP contribution in [0.1, 0.15) is 66.9 Å². The van der Waals surface area contributed by atoms with Gasteiger partial charge in [0.1, 0.15) is 18.7 Å². The third-order valence-corrected chi connectivity index (χ3v) is 8.25. The molecule has 4 amide bonds. The summed E-state index contributed by atoms with van der Waals surface area (Å²) in [7, 11) is 2.00. The number of nitrogens with one attached hydrogen (secondary N) is 2. The van der Waals surface area contributed by atoms with E-state index >= 15 is 0 Å². The summed E-state index contributed by atoms with van der Waals surface area (Å²) in [5.74, 6) is -1.34. The number of rotatable bonds is 13. The van der Waals surface area contributed by atoms with Gasteiger partial charge in [-0.05, 0) is 82.7 Å². The minimum absolute atomic E-state index is 0.284. The van der Waals surface area contributed by atoms with Gasteiger partial charge in [-0.3, -0.25) is 39.2 Å². The van der Waals surface area contributed by atoms with Gasteiger partial charge in [0.25, 0.3) is 11.8 Å². The van der Waals surface area contributed by atoms with E-state index in [0.29, 0.717) is 94.3 Å². The molecule has 0 aliphatic carbocycles. The largest absolute Gasteiger partial charge is 0.366 e. The summed E-state index contributed by atoms with van der Waals surface area (Å²) in [5, 5.41) is 14.6. The molecule has 1 radical (unpaired) electrons. The zero-order chi connectivity index (χ0) is 35.7. The normalized spacial score (nSPS) is 11.3. The number of aryl methyl sites for hydroxylation is 5. The zero-order valence-corrected chi connectivity index (χ0v) is 28.1. The standard InChI is InChI=1S/C33H36BN12O4/c1-5-45-26(13-18(3)41-45)30(49)39-32-37-22-15-20(28(35)47)7-9-24(22)43(32)12-11-34-17-44-25-10-8-21(29(36)48)16-23(25)38-33(44)40-31(50)27-14-19(4)42-46(27)6-2/h7-10,13-16H,5-6,11-12,17H2,1-4H3,(H2,35,47)(H2,36,48)(H,37,39,49)(H,38,40,50). The summed E-state index contributed by atoms with van der Waals surface area (Å²) in [6, 6.07) is 13.3. The Morgan fingerprint density at radius 1 is 0.700 bits per heavy atom. The minimum atomic E-state index is -0.589. The predicted octanol–water partition coefficient (Wildman–Crippen LogP) is 2.92. The van der Waals surface area contributed by atoms with Crippen molar-refractivity contribution in [1.82, 2.24) is 38.7 Å². The van der Waals surface area contributed by atoms with Crippen molar-refractivity contribution in [3.63, 3.8) is 0 Å². The fourth-order valence-electron chi connectivity index (χ4n) is 5.88. The Labute approximate surface area is 287 Å². The molecule has 0 unspecified atom stereocenters. The first-order valence-electron chi connectivity index (χ1n) is 16.1. The third-order valence-electron chi connectivity index (χ3n) is 8.25. The van der Waals surface area contributed by atoms with Gasteiger partial charge >= 0.3 is 0 Å². The van der Waals surface area contributed by atoms with E-state index in [-0.39, 0.29) is 17.8 Å². The van der Waals surface area contributed by atoms with Crippen LogP contribution in [0.3, 0.4) is 0 Å². The first kappa shape index (κ1) is 33.6. The molecule has 2 aromatic carbocycles. The van der Waals surface area contributed by atoms with Crippen LogP contribution in [0.2, 0.25) is 6.32 Å². The molecule has 0 aliphatic rings. The van der Waals surface area contributed by atoms with Gasteiger partial charge < -0.3 is 20.6 Å². The van der Waals surface area contributed by atoms with Crippen molar-refractivity contribution in [2.75, 3.05) is 10.6 Å². The number of hydrogen-bond acceptors (Lipinski definition) is 8. The van der Waals surface area contributed by atoms with Gasteiger partial charge in [0.05, 0.1) is 33.5 Å². The van der Waals surface area contributed by atoms with E-state index in [1.807, 2.05) is 44.1 Å². The Morgan fingerprint density at radius 3 is 1.62 bits per heavy atom. The van der Waals surface area contributed by atoms with E-state index in [1.54, 1.807) is 57.9 Å². The molecular weight excluding hydrogens is 639 g/mol. The number of anilines is 2. The molecule has 4 heterocycles. The van der Waals surface area contributed by atoms with Crippen molar-refractivity contribution in [2.24, 2.45) is 11.5 Å². The van der Waals surface area contributed by atoms with E-state index in [1.165, 1.54) is 0 Å². The number of nitrogens with two attached hydrogens (primary N) is 2. The summed E-state index contributed by atoms with van der Waals surface area (Å²) >= 11 is 0. The van der Waals surface area contributed by atoms with Gasteiger partial charge in [0, 0.05) is 30.8 Å². The fourth-order valence-corrected chi connectivity index (χ4v) is 5.88. The molecule has 0 bridgehead atoms. The molecule has 0 atom stereocenters. The Kier molecular flexibility index (Phi) is 9.22. The molecule has 0 fully saturated rings. The lowest BCUT2D eigenvalue weighted by Crippen LogP contribution is -2.21. The molecule has 6 N–H and O–H groups in total. The molecule has 6 aromatic rings. The SMILES string of the molecule is CCn1nc(C)cc1C(=O)Nc1nc2cc(C(N)=O)ccc2n1C[B]CCn1c(NC(=O)c2cc(C)nn2CC)nc2cc(C(N)=O)ccc21. The average molecular weight is 676 g/mol. The summed E-state index contributed by atoms with van der Waals surface area (Å²) < 4.78 is 6.92. The number of carbonyl (C=O) groups excluding carboxylic acids is 4. The summed E-state index contributed by atoms with van der Waals surface area (Å²) in [4.78, 5) is 59.8. The fraction of sp³-hybridized carbons (Fsp3) is 0.273. The highest BCUT2D eigenvalue weighted by Crippen LogP contribution is 2.25. The highest BCUT2D eigenvalue weighted by molar-refractivity contribution is 6.34. The molecular formula is C33H36BN12O4. The van der Waals surface area contributed by atoms with Crippen molar-refractivity contribution in [3.05, 3.63) is 82.4 Å². The molecule has 16 nitrogen and oxygen atoms in total. The quantitative estimate of drug-likeness (QED) is 0.105. The van der Waals surface area contributed by atoms with E-state index < -0.39 is 11.8 Å². The van der Waals surface area contributed by atoms with Gasteiger partial charge in [0.2, 0.25) is 23.7 Å². The molecule has 0 spiro atoms. The Morgan fingerprint density at radius 2 is 1.16 bits per heavy atom. The summed E-state index contributed by atoms with van der Waals surface area (Å²) in [5.41, 5.74) is 16.2. The van der Waals surface area contributed by atoms with Crippen LogP contribution in [0.25, 0.3) is 22.1 Å². The van der Waals surface area contributed by atoms with E-state index in [4.69, 9.17) is 11.5 Å². The van der Waals surface area contributed by atoms with Crippen LogP contribution in [0.15, 0.2) is 48.5 Å². The monoisotopic (exact) mass is 675 g/mol. The topological polar surface area (TPSA) is 216 Å². The third kappa shape index (κ3) is 6.56. The van der Waals surface area contributed by atoms with Gasteiger partial charge in [-0.25, -0.2) is 9.97 Å². The lowest BCUT2D eigenvalue weighted by atomic mass is 9.74. The first-order chi connectivity index (χ1) is 24.0. The molecule has 17 heteroatoms. The summed E-state index contributed by atoms with van der Waals surface area (Å²) in [6.07, 6.45) is 0.843. The maximum Gasteiger partial charge on any atom is 0.276 e. The number of hydrogen-bond donors (Lipinski definition) is 4. The first-order valence-corrected chi connectivity index (χ1v) is 16.1. The number of fused-ring (bicyclic) bond motifs is 2. The number of amides is 4. The molecule has 50 heavy (non-hydrogen) atoms. The molecule has 0 saturated carbocycles. The van der Waals surface area contributed by atoms with E-state index in [9.17, 15) is 19.2 Å². The van der Waals surface area contributed by atoms with Gasteiger partial charge in [-0.2, -0.15) is 10.2 Å². The Bertz CT molecular complexity index is 2140. The Hall–Kier alpha value is -6.26. The number of carbonyl (C=O) groups is 4. The molecule has 0 saturated heterocycles. The van der Waals surface area contributed by atoms with Crippen LogP contribution in [-0.4, -0.2) is 69.6 Å². The second kappa shape index (κ2) is 13.7. The highest BCUT2D eigenvalue weighted by atomic mass is 16.2. The number of imidazole rings is 2. The van der Waals surface area contributed by atoms with Crippen LogP contribution < -0.4 is 22.1 Å². The van der Waals surface area contributed by atoms with Crippen LogP contribution in [-0.2, 0) is 26.1 Å². The minimum Gasteiger partial charge on any atom is -0.366 e. The van der Waals surface area contributed by atoms with Crippen molar-refractivity contribution in [2.45, 2.75) is 60.1 Å². The number of aromatic nitrogens is 8. The highest BCUT2D eigenvalue weighted by Gasteiger charge is 2.21. The predicted molar refractivity (Wildman–Crippen MR) is 188 cm³/mol. The van der Waals surface area contributed by atoms with Crippen LogP contribution in [0.4, 0.5) is 11.9 Å². The van der Waals surface area contributed by atoms with Crippen molar-refractivity contribution in [1.29, 1.82) is 0 Å². The second-order valence-electron chi connectivity index (χ2n) is 11.7. The zero-order valence-electron chi connectivity index (χ0n) is 28.1. The molecule has 4 aromatic heterocycles. The van der Waals surface area contributed by atoms with Crippen LogP contribution >= 0.6 is 0 Å². The lowest BCUT2D eigenvalue weighted by Gasteiger charge is -2.12. The maximum absolute atomic E-state index is 13.4. The smallest absolute Gasteiger partial charge is 0.276 e. The lowest BCUT2D eigenvalue weighted by molar-refractivity contribution is 0.0992. The molecule has 255 valence electrons. The number of benzene rings is 2. The average Bonchev–Trinajstić information content (AvgIpc) is 3.84. The Balaban J connectivity index is 1.27. The van der Waals surface area contributed by atoms with E-state index in [2.05, 4.69) is 30.8 Å². The van der Waals surface area contributed by atoms with Gasteiger partial charge in [-0.1, -0.05) is 6.32 Å². The molecule has 6 rings (SSSR count). The second-order valence-corrected chi connectivity index (χ2v) is 11.7.